The van der Waals surface area contributed by atoms with Gasteiger partial charge >= 0.3 is 6.09 Å². The van der Waals surface area contributed by atoms with Gasteiger partial charge in [0.25, 0.3) is 0 Å². The largest absolute Gasteiger partial charge is 0.488 e. The fourth-order valence-corrected chi connectivity index (χ4v) is 6.94. The second-order valence-corrected chi connectivity index (χ2v) is 12.0. The number of carbonyl (C=O) groups excluding carboxylic acids is 2. The number of ketones is 1. The van der Waals surface area contributed by atoms with Crippen molar-refractivity contribution in [3.63, 3.8) is 0 Å². The molecule has 7 nitrogen and oxygen atoms in total. The Hall–Kier alpha value is -3.42. The first kappa shape index (κ1) is 27.7. The number of alkyl carbamates (subject to hydrolysis) is 1. The van der Waals surface area contributed by atoms with E-state index in [1.165, 1.54) is 7.11 Å². The molecule has 4 atom stereocenters. The summed E-state index contributed by atoms with van der Waals surface area (Å²) in [4.78, 5) is 31.1. The predicted molar refractivity (Wildman–Crippen MR) is 160 cm³/mol. The molecule has 1 N–H and O–H groups in total. The molecule has 1 amide bonds. The van der Waals surface area contributed by atoms with Gasteiger partial charge < -0.3 is 19.5 Å². The Morgan fingerprint density at radius 3 is 2.71 bits per heavy atom. The summed E-state index contributed by atoms with van der Waals surface area (Å²) in [6, 6.07) is 13.8. The molecule has 0 bridgehead atoms. The van der Waals surface area contributed by atoms with Gasteiger partial charge in [0.1, 0.15) is 12.4 Å². The molecule has 0 radical (unpaired) electrons. The highest BCUT2D eigenvalue weighted by Gasteiger charge is 2.45. The highest BCUT2D eigenvalue weighted by molar-refractivity contribution is 6.30. The van der Waals surface area contributed by atoms with E-state index in [9.17, 15) is 9.59 Å². The standard InChI is InChI=1S/C33H35ClN2O5/c1-5-40-21-12-24(27(13-21)32(37)31(17(2)3)36-33(38)39-4)29-14-25-23-15-30-26(11-18(23)6-9-28(25)35-29)22-8-7-20(34)10-19(22)16-41-30/h6-11,15,17,21,24,27,31H,5,12-14,16H2,1-4H3,(H,36,38)/t21-,24+,27?,31-/m0/s1. The second-order valence-electron chi connectivity index (χ2n) is 11.5. The number of carbonyl (C=O) groups is 2. The van der Waals surface area contributed by atoms with Crippen LogP contribution in [0.5, 0.6) is 5.75 Å². The molecule has 1 fully saturated rings. The zero-order valence-electron chi connectivity index (χ0n) is 23.8. The Morgan fingerprint density at radius 2 is 1.95 bits per heavy atom. The summed E-state index contributed by atoms with van der Waals surface area (Å²) in [6.45, 7) is 6.92. The lowest BCUT2D eigenvalue weighted by Crippen LogP contribution is -2.48. The molecule has 1 aliphatic carbocycles. The van der Waals surface area contributed by atoms with Crippen LogP contribution < -0.4 is 10.1 Å². The maximum Gasteiger partial charge on any atom is 0.407 e. The molecule has 1 saturated carbocycles. The van der Waals surface area contributed by atoms with Crippen LogP contribution in [0.15, 0.2) is 47.5 Å². The molecule has 0 saturated heterocycles. The van der Waals surface area contributed by atoms with Crippen LogP contribution >= 0.6 is 11.6 Å². The molecule has 2 heterocycles. The maximum absolute atomic E-state index is 13.9. The molecule has 6 rings (SSSR count). The summed E-state index contributed by atoms with van der Waals surface area (Å²) < 4.78 is 17.0. The van der Waals surface area contributed by atoms with Crippen molar-refractivity contribution in [2.75, 3.05) is 13.7 Å². The van der Waals surface area contributed by atoms with Gasteiger partial charge in [0.2, 0.25) is 0 Å². The molecule has 3 aromatic carbocycles. The van der Waals surface area contributed by atoms with Gasteiger partial charge in [0.05, 0.1) is 24.9 Å². The van der Waals surface area contributed by atoms with Crippen molar-refractivity contribution in [2.24, 2.45) is 22.7 Å². The van der Waals surface area contributed by atoms with Crippen molar-refractivity contribution in [2.45, 2.75) is 58.8 Å². The van der Waals surface area contributed by atoms with Gasteiger partial charge in [-0.1, -0.05) is 37.6 Å². The minimum atomic E-state index is -0.637. The van der Waals surface area contributed by atoms with E-state index in [0.29, 0.717) is 31.1 Å². The number of hydrogen-bond donors (Lipinski definition) is 1. The first-order valence-electron chi connectivity index (χ1n) is 14.4. The van der Waals surface area contributed by atoms with Crippen LogP contribution in [0.4, 0.5) is 10.5 Å². The third-order valence-corrected chi connectivity index (χ3v) is 8.95. The number of halogens is 1. The number of amides is 1. The van der Waals surface area contributed by atoms with E-state index in [-0.39, 0.29) is 29.6 Å². The van der Waals surface area contributed by atoms with Crippen LogP contribution in [0.1, 0.15) is 44.7 Å². The molecule has 8 heteroatoms. The summed E-state index contributed by atoms with van der Waals surface area (Å²) in [5, 5.41) is 5.71. The minimum Gasteiger partial charge on any atom is -0.488 e. The lowest BCUT2D eigenvalue weighted by atomic mass is 9.81. The van der Waals surface area contributed by atoms with E-state index < -0.39 is 12.1 Å². The van der Waals surface area contributed by atoms with Gasteiger partial charge in [-0.2, -0.15) is 0 Å². The van der Waals surface area contributed by atoms with Crippen LogP contribution in [0.2, 0.25) is 5.02 Å². The number of ether oxygens (including phenoxy) is 3. The number of Topliss-reactive ketones (excluding diaryl/α,β-unsaturated/α-hetero) is 1. The molecule has 0 spiro atoms. The average molecular weight is 575 g/mol. The molecule has 3 aromatic rings. The smallest absolute Gasteiger partial charge is 0.407 e. The second kappa shape index (κ2) is 11.1. The van der Waals surface area contributed by atoms with E-state index >= 15 is 0 Å². The molecule has 3 aliphatic rings. The minimum absolute atomic E-state index is 0.0161. The van der Waals surface area contributed by atoms with Crippen molar-refractivity contribution in [1.82, 2.24) is 5.32 Å². The number of fused-ring (bicyclic) bond motifs is 6. The van der Waals surface area contributed by atoms with Crippen LogP contribution in [0, 0.1) is 17.8 Å². The Morgan fingerprint density at radius 1 is 1.12 bits per heavy atom. The fraction of sp³-hybridized carbons (Fsp3) is 0.424. The Labute approximate surface area is 245 Å². The maximum atomic E-state index is 13.9. The zero-order chi connectivity index (χ0) is 28.8. The van der Waals surface area contributed by atoms with Crippen molar-refractivity contribution in [1.29, 1.82) is 0 Å². The SMILES string of the molecule is CCO[C@@H]1CC(C(=O)[C@@H](NC(=O)OC)C(C)C)[C@H](C2=Nc3ccc4cc5c(cc4c3C2)OCc2cc(Cl)ccc2-5)C1. The lowest BCUT2D eigenvalue weighted by Gasteiger charge is -2.26. The van der Waals surface area contributed by atoms with Gasteiger partial charge in [-0.05, 0) is 83.5 Å². The highest BCUT2D eigenvalue weighted by Crippen LogP contribution is 2.46. The monoisotopic (exact) mass is 574 g/mol. The van der Waals surface area contributed by atoms with Crippen molar-refractivity contribution < 1.29 is 23.8 Å². The van der Waals surface area contributed by atoms with Crippen molar-refractivity contribution >= 4 is 45.6 Å². The molecular formula is C33H35ClN2O5. The van der Waals surface area contributed by atoms with Gasteiger partial charge in [-0.25, -0.2) is 4.79 Å². The highest BCUT2D eigenvalue weighted by atomic mass is 35.5. The van der Waals surface area contributed by atoms with Crippen molar-refractivity contribution in [3.05, 3.63) is 58.6 Å². The zero-order valence-corrected chi connectivity index (χ0v) is 24.6. The summed E-state index contributed by atoms with van der Waals surface area (Å²) in [5.74, 6) is 0.436. The van der Waals surface area contributed by atoms with E-state index in [1.54, 1.807) is 0 Å². The van der Waals surface area contributed by atoms with E-state index in [4.69, 9.17) is 30.8 Å². The first-order chi connectivity index (χ1) is 19.8. The fourth-order valence-electron chi connectivity index (χ4n) is 6.74. The number of rotatable bonds is 7. The van der Waals surface area contributed by atoms with Crippen LogP contribution in [-0.2, 0) is 27.3 Å². The number of nitrogens with zero attached hydrogens (tertiary/aromatic N) is 1. The Balaban J connectivity index is 1.32. The number of hydrogen-bond acceptors (Lipinski definition) is 6. The topological polar surface area (TPSA) is 86.2 Å². The Bertz CT molecular complexity index is 1560. The molecule has 1 unspecified atom stereocenters. The molecule has 41 heavy (non-hydrogen) atoms. The van der Waals surface area contributed by atoms with Crippen LogP contribution in [0.3, 0.4) is 0 Å². The quantitative estimate of drug-likeness (QED) is 0.326. The normalized spacial score (nSPS) is 21.5. The van der Waals surface area contributed by atoms with Gasteiger partial charge in [0.15, 0.2) is 5.78 Å². The third kappa shape index (κ3) is 5.10. The lowest BCUT2D eigenvalue weighted by molar-refractivity contribution is -0.126. The number of aliphatic imine (C=N–C) groups is 1. The van der Waals surface area contributed by atoms with Crippen LogP contribution in [-0.4, -0.2) is 43.5 Å². The summed E-state index contributed by atoms with van der Waals surface area (Å²) in [5.41, 5.74) is 6.39. The summed E-state index contributed by atoms with van der Waals surface area (Å²) in [7, 11) is 1.31. The number of nitrogens with one attached hydrogen (secondary N) is 1. The average Bonchev–Trinajstić information content (AvgIpc) is 3.59. The van der Waals surface area contributed by atoms with E-state index in [2.05, 4.69) is 35.6 Å². The molecule has 2 aliphatic heterocycles. The molecule has 0 aromatic heterocycles. The number of benzene rings is 3. The van der Waals surface area contributed by atoms with Crippen molar-refractivity contribution in [3.8, 4) is 16.9 Å². The van der Waals surface area contributed by atoms with E-state index in [1.807, 2.05) is 32.9 Å². The molecular weight excluding hydrogens is 540 g/mol. The number of methoxy groups -OCH3 is 1. The summed E-state index contributed by atoms with van der Waals surface area (Å²) >= 11 is 6.23. The first-order valence-corrected chi connectivity index (χ1v) is 14.7. The van der Waals surface area contributed by atoms with Gasteiger partial charge in [-0.3, -0.25) is 9.79 Å². The van der Waals surface area contributed by atoms with E-state index in [0.717, 1.165) is 56.6 Å². The van der Waals surface area contributed by atoms with Crippen LogP contribution in [0.25, 0.3) is 21.9 Å². The van der Waals surface area contributed by atoms with Gasteiger partial charge in [0, 0.05) is 41.2 Å². The Kier molecular flexibility index (Phi) is 7.51. The summed E-state index contributed by atoms with van der Waals surface area (Å²) in [6.07, 6.45) is 1.39. The third-order valence-electron chi connectivity index (χ3n) is 8.72. The molecule has 214 valence electrons. The van der Waals surface area contributed by atoms with Gasteiger partial charge in [-0.15, -0.1) is 0 Å². The predicted octanol–water partition coefficient (Wildman–Crippen LogP) is 7.06.